The molecule has 0 fully saturated rings. The molecule has 2 atom stereocenters. The van der Waals surface area contributed by atoms with Gasteiger partial charge in [0.1, 0.15) is 19.0 Å². The van der Waals surface area contributed by atoms with Crippen molar-refractivity contribution in [3.63, 3.8) is 0 Å². The van der Waals surface area contributed by atoms with E-state index in [1.54, 1.807) is 24.5 Å². The molecule has 52 heavy (non-hydrogen) atoms. The second-order valence-corrected chi connectivity index (χ2v) is 14.1. The van der Waals surface area contributed by atoms with Crippen molar-refractivity contribution in [2.45, 2.75) is 63.8 Å². The van der Waals surface area contributed by atoms with Gasteiger partial charge in [-0.05, 0) is 71.2 Å². The molecule has 4 heterocycles. The number of benzene rings is 3. The summed E-state index contributed by atoms with van der Waals surface area (Å²) in [6.45, 7) is 4.44. The zero-order chi connectivity index (χ0) is 35.9. The highest BCUT2D eigenvalue weighted by molar-refractivity contribution is 5.93. The third-order valence-corrected chi connectivity index (χ3v) is 11.5. The highest BCUT2D eigenvalue weighted by Gasteiger charge is 2.46. The number of aliphatic hydroxyl groups is 1. The number of nitrogens with zero attached hydrogens (tertiary/aromatic N) is 2. The maximum Gasteiger partial charge on any atom is 0.407 e. The SMILES string of the molecule is CC[C@@]1(O)C(=O)OCc2c1cc1n(c2=O)Cc2c-1nc1cc(F)c(C)c3c1c2[C@@H](NCCNC(=O)OCC1c2ccccc2-c2ccccc21)CC3. The first kappa shape index (κ1) is 32.5. The standard InChI is InChI=1S/C41H37FN4O6/c1-3-41(50)30-16-34-37-27(18-46(34)38(47)29(30)20-51-39(41)48)36-32(13-12-22-21(2)31(42)17-33(45-37)35(22)36)43-14-15-44-40(49)52-19-28-25-10-6-4-8-23(25)24-9-5-7-11-26(24)28/h4-11,16-17,28,32,43,50H,3,12-15,18-20H2,1-2H3,(H,44,49)/t32-,41-/m0/s1. The van der Waals surface area contributed by atoms with Gasteiger partial charge in [0.25, 0.3) is 5.56 Å². The minimum absolute atomic E-state index is 0.0333. The molecule has 3 aromatic carbocycles. The molecule has 3 N–H and O–H groups in total. The van der Waals surface area contributed by atoms with Crippen molar-refractivity contribution in [3.05, 3.63) is 121 Å². The van der Waals surface area contributed by atoms with Crippen molar-refractivity contribution >= 4 is 23.0 Å². The van der Waals surface area contributed by atoms with E-state index >= 15 is 4.39 Å². The van der Waals surface area contributed by atoms with Gasteiger partial charge in [0.2, 0.25) is 0 Å². The molecule has 9 rings (SSSR count). The maximum absolute atomic E-state index is 15.3. The fraction of sp³-hybridized carbons (Fsp3) is 0.317. The Morgan fingerprint density at radius 2 is 1.79 bits per heavy atom. The van der Waals surface area contributed by atoms with Gasteiger partial charge in [-0.25, -0.2) is 19.0 Å². The lowest BCUT2D eigenvalue weighted by atomic mass is 9.81. The lowest BCUT2D eigenvalue weighted by Gasteiger charge is -2.31. The Morgan fingerprint density at radius 3 is 2.52 bits per heavy atom. The Labute approximate surface area is 298 Å². The Hall–Kier alpha value is -5.39. The predicted molar refractivity (Wildman–Crippen MR) is 191 cm³/mol. The molecular weight excluding hydrogens is 663 g/mol. The van der Waals surface area contributed by atoms with E-state index in [4.69, 9.17) is 14.5 Å². The number of hydrogen-bond acceptors (Lipinski definition) is 8. The highest BCUT2D eigenvalue weighted by Crippen LogP contribution is 2.47. The zero-order valence-electron chi connectivity index (χ0n) is 28.8. The van der Waals surface area contributed by atoms with Gasteiger partial charge in [-0.1, -0.05) is 55.5 Å². The van der Waals surface area contributed by atoms with Crippen LogP contribution in [0.25, 0.3) is 33.4 Å². The van der Waals surface area contributed by atoms with Crippen LogP contribution in [0.15, 0.2) is 65.5 Å². The van der Waals surface area contributed by atoms with Crippen molar-refractivity contribution in [3.8, 4) is 22.5 Å². The van der Waals surface area contributed by atoms with E-state index in [2.05, 4.69) is 34.9 Å². The van der Waals surface area contributed by atoms with Crippen molar-refractivity contribution in [1.82, 2.24) is 20.2 Å². The lowest BCUT2D eigenvalue weighted by Crippen LogP contribution is -2.44. The first-order valence-corrected chi connectivity index (χ1v) is 17.8. The van der Waals surface area contributed by atoms with Crippen LogP contribution in [0.4, 0.5) is 9.18 Å². The van der Waals surface area contributed by atoms with E-state index in [0.717, 1.165) is 33.2 Å². The van der Waals surface area contributed by atoms with Gasteiger partial charge in [-0.15, -0.1) is 0 Å². The minimum Gasteiger partial charge on any atom is -0.458 e. The number of halogens is 1. The van der Waals surface area contributed by atoms with Gasteiger partial charge >= 0.3 is 12.1 Å². The number of fused-ring (bicyclic) bond motifs is 8. The van der Waals surface area contributed by atoms with Crippen molar-refractivity contribution in [1.29, 1.82) is 0 Å². The van der Waals surface area contributed by atoms with Crippen LogP contribution in [-0.4, -0.2) is 46.4 Å². The van der Waals surface area contributed by atoms with Crippen molar-refractivity contribution < 1.29 is 28.6 Å². The molecule has 10 nitrogen and oxygen atoms in total. The largest absolute Gasteiger partial charge is 0.458 e. The van der Waals surface area contributed by atoms with Crippen LogP contribution in [0, 0.1) is 12.7 Å². The summed E-state index contributed by atoms with van der Waals surface area (Å²) in [6, 6.07) is 19.4. The molecule has 4 aliphatic rings. The summed E-state index contributed by atoms with van der Waals surface area (Å²) in [7, 11) is 0. The summed E-state index contributed by atoms with van der Waals surface area (Å²) >= 11 is 0. The van der Waals surface area contributed by atoms with Crippen LogP contribution < -0.4 is 16.2 Å². The minimum atomic E-state index is -1.95. The number of alkyl carbamates (subject to hydrolysis) is 1. The van der Waals surface area contributed by atoms with Gasteiger partial charge in [0, 0.05) is 47.6 Å². The fourth-order valence-electron chi connectivity index (χ4n) is 8.82. The Kier molecular flexibility index (Phi) is 7.57. The Balaban J connectivity index is 0.967. The molecule has 0 saturated carbocycles. The van der Waals surface area contributed by atoms with E-state index in [9.17, 15) is 19.5 Å². The molecule has 0 bridgehead atoms. The molecular formula is C41H37FN4O6. The number of carbonyl (C=O) groups excluding carboxylic acids is 2. The molecule has 0 unspecified atom stereocenters. The molecule has 264 valence electrons. The second kappa shape index (κ2) is 12.1. The van der Waals surface area contributed by atoms with Crippen LogP contribution in [-0.2, 0) is 39.4 Å². The number of rotatable bonds is 7. The van der Waals surface area contributed by atoms with Gasteiger partial charge in [0.05, 0.1) is 29.0 Å². The first-order chi connectivity index (χ1) is 25.2. The van der Waals surface area contributed by atoms with Crippen LogP contribution in [0.5, 0.6) is 0 Å². The second-order valence-electron chi connectivity index (χ2n) is 14.1. The monoisotopic (exact) mass is 700 g/mol. The third kappa shape index (κ3) is 4.75. The van der Waals surface area contributed by atoms with E-state index in [1.807, 2.05) is 24.3 Å². The third-order valence-electron chi connectivity index (χ3n) is 11.5. The molecule has 0 spiro atoms. The van der Waals surface area contributed by atoms with Crippen molar-refractivity contribution in [2.75, 3.05) is 19.7 Å². The van der Waals surface area contributed by atoms with E-state index < -0.39 is 17.7 Å². The zero-order valence-corrected chi connectivity index (χ0v) is 28.8. The Bertz CT molecular complexity index is 2380. The highest BCUT2D eigenvalue weighted by atomic mass is 19.1. The van der Waals surface area contributed by atoms with Crippen LogP contribution in [0.2, 0.25) is 0 Å². The number of carbonyl (C=O) groups is 2. The summed E-state index contributed by atoms with van der Waals surface area (Å²) in [4.78, 5) is 44.4. The molecule has 11 heteroatoms. The number of pyridine rings is 2. The molecule has 0 saturated heterocycles. The van der Waals surface area contributed by atoms with E-state index in [-0.39, 0.29) is 60.6 Å². The average Bonchev–Trinajstić information content (AvgIpc) is 3.69. The van der Waals surface area contributed by atoms with Crippen LogP contribution in [0.3, 0.4) is 0 Å². The molecule has 0 radical (unpaired) electrons. The van der Waals surface area contributed by atoms with Gasteiger partial charge < -0.3 is 29.8 Å². The smallest absolute Gasteiger partial charge is 0.407 e. The molecule has 5 aromatic rings. The quantitative estimate of drug-likeness (QED) is 0.144. The number of cyclic esters (lactones) is 1. The molecule has 2 aliphatic heterocycles. The summed E-state index contributed by atoms with van der Waals surface area (Å²) in [5.41, 5.74) is 7.56. The molecule has 2 aliphatic carbocycles. The molecule has 1 amide bonds. The van der Waals surface area contributed by atoms with Gasteiger partial charge in [0.15, 0.2) is 5.60 Å². The van der Waals surface area contributed by atoms with Crippen LogP contribution in [0.1, 0.15) is 76.2 Å². The summed E-state index contributed by atoms with van der Waals surface area (Å²) in [6.07, 6.45) is 0.849. The predicted octanol–water partition coefficient (Wildman–Crippen LogP) is 5.64. The number of hydrogen-bond donors (Lipinski definition) is 3. The summed E-state index contributed by atoms with van der Waals surface area (Å²) in [5, 5.41) is 18.7. The number of nitrogens with one attached hydrogen (secondary N) is 2. The summed E-state index contributed by atoms with van der Waals surface area (Å²) < 4.78 is 27.8. The van der Waals surface area contributed by atoms with Gasteiger partial charge in [-0.2, -0.15) is 0 Å². The van der Waals surface area contributed by atoms with Gasteiger partial charge in [-0.3, -0.25) is 4.79 Å². The Morgan fingerprint density at radius 1 is 1.06 bits per heavy atom. The van der Waals surface area contributed by atoms with Crippen molar-refractivity contribution in [2.24, 2.45) is 0 Å². The summed E-state index contributed by atoms with van der Waals surface area (Å²) in [5.74, 6) is -1.16. The number of aryl methyl sites for hydroxylation is 1. The van der Waals surface area contributed by atoms with Crippen LogP contribution >= 0.6 is 0 Å². The molecule has 2 aromatic heterocycles. The number of aromatic nitrogens is 2. The topological polar surface area (TPSA) is 132 Å². The first-order valence-electron chi connectivity index (χ1n) is 17.8. The maximum atomic E-state index is 15.3. The fourth-order valence-corrected chi connectivity index (χ4v) is 8.82. The average molecular weight is 701 g/mol. The lowest BCUT2D eigenvalue weighted by molar-refractivity contribution is -0.172. The van der Waals surface area contributed by atoms with E-state index in [0.29, 0.717) is 48.4 Å². The number of ether oxygens (including phenoxy) is 2. The number of esters is 1. The number of amides is 1. The van der Waals surface area contributed by atoms with E-state index in [1.165, 1.54) is 17.2 Å². The normalized spacial score (nSPS) is 19.4.